The molecular formula is C14H23ClN2O5S. The zero-order valence-electron chi connectivity index (χ0n) is 13.3. The molecule has 1 heterocycles. The molecule has 0 radical (unpaired) electrons. The van der Waals surface area contributed by atoms with E-state index in [1.807, 2.05) is 0 Å². The molecule has 0 saturated carbocycles. The Kier molecular flexibility index (Phi) is 8.07. The number of methoxy groups -OCH3 is 2. The third-order valence-electron chi connectivity index (χ3n) is 3.48. The number of rotatable bonds is 7. The minimum atomic E-state index is -3.65. The van der Waals surface area contributed by atoms with Gasteiger partial charge < -0.3 is 14.2 Å². The van der Waals surface area contributed by atoms with Crippen molar-refractivity contribution in [3.8, 4) is 11.5 Å². The van der Waals surface area contributed by atoms with Crippen LogP contribution in [0.15, 0.2) is 23.1 Å². The van der Waals surface area contributed by atoms with Gasteiger partial charge in [0.25, 0.3) is 0 Å². The SMILES string of the molecule is COc1ccc(OC)c(S(=O)(=O)NCCN2CCOCC2)c1.Cl. The Morgan fingerprint density at radius 2 is 1.91 bits per heavy atom. The molecule has 0 spiro atoms. The zero-order valence-corrected chi connectivity index (χ0v) is 14.9. The van der Waals surface area contributed by atoms with Crippen molar-refractivity contribution in [1.82, 2.24) is 9.62 Å². The summed E-state index contributed by atoms with van der Waals surface area (Å²) in [6.45, 7) is 4.01. The summed E-state index contributed by atoms with van der Waals surface area (Å²) in [5.41, 5.74) is 0. The number of nitrogens with zero attached hydrogens (tertiary/aromatic N) is 1. The summed E-state index contributed by atoms with van der Waals surface area (Å²) in [6, 6.07) is 4.69. The molecule has 0 atom stereocenters. The summed E-state index contributed by atoms with van der Waals surface area (Å²) in [4.78, 5) is 2.24. The van der Waals surface area contributed by atoms with E-state index < -0.39 is 10.0 Å². The van der Waals surface area contributed by atoms with E-state index in [0.29, 0.717) is 37.8 Å². The van der Waals surface area contributed by atoms with Crippen molar-refractivity contribution in [3.63, 3.8) is 0 Å². The van der Waals surface area contributed by atoms with E-state index >= 15 is 0 Å². The molecule has 0 aliphatic carbocycles. The second-order valence-electron chi connectivity index (χ2n) is 4.87. The highest BCUT2D eigenvalue weighted by Gasteiger charge is 2.20. The highest BCUT2D eigenvalue weighted by Crippen LogP contribution is 2.27. The number of benzene rings is 1. The molecule has 2 rings (SSSR count). The number of ether oxygens (including phenoxy) is 3. The molecule has 1 aromatic rings. The number of sulfonamides is 1. The van der Waals surface area contributed by atoms with Crippen LogP contribution in [0.4, 0.5) is 0 Å². The Labute approximate surface area is 143 Å². The molecule has 1 aliphatic heterocycles. The lowest BCUT2D eigenvalue weighted by Crippen LogP contribution is -2.41. The average molecular weight is 367 g/mol. The Bertz CT molecular complexity index is 591. The highest BCUT2D eigenvalue weighted by molar-refractivity contribution is 7.89. The molecule has 0 bridgehead atoms. The van der Waals surface area contributed by atoms with Crippen LogP contribution in [-0.2, 0) is 14.8 Å². The van der Waals surface area contributed by atoms with Gasteiger partial charge in [-0.15, -0.1) is 12.4 Å². The smallest absolute Gasteiger partial charge is 0.244 e. The maximum absolute atomic E-state index is 12.4. The van der Waals surface area contributed by atoms with E-state index in [2.05, 4.69) is 9.62 Å². The van der Waals surface area contributed by atoms with Crippen molar-refractivity contribution in [2.45, 2.75) is 4.90 Å². The first-order valence-electron chi connectivity index (χ1n) is 7.08. The summed E-state index contributed by atoms with van der Waals surface area (Å²) in [6.07, 6.45) is 0. The van der Waals surface area contributed by atoms with Gasteiger partial charge in [-0.2, -0.15) is 0 Å². The fourth-order valence-corrected chi connectivity index (χ4v) is 3.44. The van der Waals surface area contributed by atoms with Gasteiger partial charge >= 0.3 is 0 Å². The van der Waals surface area contributed by atoms with Gasteiger partial charge in [0.15, 0.2) is 0 Å². The topological polar surface area (TPSA) is 77.1 Å². The fourth-order valence-electron chi connectivity index (χ4n) is 2.23. The van der Waals surface area contributed by atoms with Gasteiger partial charge in [0.05, 0.1) is 27.4 Å². The van der Waals surface area contributed by atoms with Crippen LogP contribution in [0.25, 0.3) is 0 Å². The summed E-state index contributed by atoms with van der Waals surface area (Å²) >= 11 is 0. The molecule has 23 heavy (non-hydrogen) atoms. The number of morpholine rings is 1. The van der Waals surface area contributed by atoms with Gasteiger partial charge in [-0.05, 0) is 12.1 Å². The first kappa shape index (κ1) is 20.0. The lowest BCUT2D eigenvalue weighted by molar-refractivity contribution is 0.0390. The van der Waals surface area contributed by atoms with Crippen LogP contribution in [0.2, 0.25) is 0 Å². The minimum absolute atomic E-state index is 0. The Balaban J connectivity index is 0.00000264. The van der Waals surface area contributed by atoms with Crippen molar-refractivity contribution in [2.24, 2.45) is 0 Å². The van der Waals surface area contributed by atoms with Crippen LogP contribution in [0, 0.1) is 0 Å². The van der Waals surface area contributed by atoms with E-state index in [0.717, 1.165) is 13.1 Å². The predicted molar refractivity (Wildman–Crippen MR) is 89.2 cm³/mol. The molecular weight excluding hydrogens is 344 g/mol. The third kappa shape index (κ3) is 5.50. The lowest BCUT2D eigenvalue weighted by atomic mass is 10.3. The van der Waals surface area contributed by atoms with Crippen LogP contribution in [0.5, 0.6) is 11.5 Å². The maximum Gasteiger partial charge on any atom is 0.244 e. The first-order valence-corrected chi connectivity index (χ1v) is 8.57. The molecule has 1 N–H and O–H groups in total. The van der Waals surface area contributed by atoms with Crippen molar-refractivity contribution >= 4 is 22.4 Å². The molecule has 0 aromatic heterocycles. The van der Waals surface area contributed by atoms with Crippen LogP contribution in [-0.4, -0.2) is 66.9 Å². The summed E-state index contributed by atoms with van der Waals surface area (Å²) < 4.78 is 42.9. The Morgan fingerprint density at radius 1 is 1.22 bits per heavy atom. The van der Waals surface area contributed by atoms with Crippen LogP contribution in [0.3, 0.4) is 0 Å². The van der Waals surface area contributed by atoms with E-state index in [9.17, 15) is 8.42 Å². The lowest BCUT2D eigenvalue weighted by Gasteiger charge is -2.26. The fraction of sp³-hybridized carbons (Fsp3) is 0.571. The number of hydrogen-bond donors (Lipinski definition) is 1. The minimum Gasteiger partial charge on any atom is -0.497 e. The Hall–Kier alpha value is -1.06. The van der Waals surface area contributed by atoms with Crippen molar-refractivity contribution in [3.05, 3.63) is 18.2 Å². The molecule has 1 saturated heterocycles. The van der Waals surface area contributed by atoms with E-state index in [4.69, 9.17) is 14.2 Å². The first-order chi connectivity index (χ1) is 10.6. The van der Waals surface area contributed by atoms with Crippen molar-refractivity contribution in [1.29, 1.82) is 0 Å². The molecule has 132 valence electrons. The third-order valence-corrected chi connectivity index (χ3v) is 4.97. The van der Waals surface area contributed by atoms with Gasteiger partial charge in [0.2, 0.25) is 10.0 Å². The van der Waals surface area contributed by atoms with Crippen LogP contribution < -0.4 is 14.2 Å². The van der Waals surface area contributed by atoms with Gasteiger partial charge in [-0.1, -0.05) is 0 Å². The van der Waals surface area contributed by atoms with Gasteiger partial charge in [0.1, 0.15) is 16.4 Å². The zero-order chi connectivity index (χ0) is 16.0. The molecule has 9 heteroatoms. The number of hydrogen-bond acceptors (Lipinski definition) is 6. The largest absolute Gasteiger partial charge is 0.497 e. The standard InChI is InChI=1S/C14H22N2O5S.ClH/c1-19-12-3-4-13(20-2)14(11-12)22(17,18)15-5-6-16-7-9-21-10-8-16;/h3-4,11,15H,5-10H2,1-2H3;1H. The summed E-state index contributed by atoms with van der Waals surface area (Å²) in [5.74, 6) is 0.758. The van der Waals surface area contributed by atoms with E-state index in [-0.39, 0.29) is 17.3 Å². The van der Waals surface area contributed by atoms with Gasteiger partial charge in [-0.25, -0.2) is 13.1 Å². The molecule has 1 fully saturated rings. The van der Waals surface area contributed by atoms with E-state index in [1.54, 1.807) is 12.1 Å². The van der Waals surface area contributed by atoms with Crippen molar-refractivity contribution < 1.29 is 22.6 Å². The van der Waals surface area contributed by atoms with E-state index in [1.165, 1.54) is 20.3 Å². The number of nitrogens with one attached hydrogen (secondary N) is 1. The quantitative estimate of drug-likeness (QED) is 0.766. The number of halogens is 1. The van der Waals surface area contributed by atoms with Gasteiger partial charge in [-0.3, -0.25) is 4.90 Å². The second kappa shape index (κ2) is 9.29. The van der Waals surface area contributed by atoms with Crippen LogP contribution in [0.1, 0.15) is 0 Å². The van der Waals surface area contributed by atoms with Crippen molar-refractivity contribution in [2.75, 3.05) is 53.6 Å². The molecule has 1 aromatic carbocycles. The summed E-state index contributed by atoms with van der Waals surface area (Å²) in [7, 11) is -0.720. The monoisotopic (exact) mass is 366 g/mol. The molecule has 0 amide bonds. The highest BCUT2D eigenvalue weighted by atomic mass is 35.5. The normalized spacial score (nSPS) is 15.7. The average Bonchev–Trinajstić information content (AvgIpc) is 2.55. The second-order valence-corrected chi connectivity index (χ2v) is 6.60. The summed E-state index contributed by atoms with van der Waals surface area (Å²) in [5, 5.41) is 0. The molecule has 7 nitrogen and oxygen atoms in total. The molecule has 0 unspecified atom stereocenters. The maximum atomic E-state index is 12.4. The molecule has 1 aliphatic rings. The predicted octanol–water partition coefficient (Wildman–Crippen LogP) is 0.736. The Morgan fingerprint density at radius 3 is 2.52 bits per heavy atom. The van der Waals surface area contributed by atoms with Gasteiger partial charge in [0, 0.05) is 32.2 Å². The van der Waals surface area contributed by atoms with Crippen LogP contribution >= 0.6 is 12.4 Å².